The minimum absolute atomic E-state index is 0.0127. The lowest BCUT2D eigenvalue weighted by atomic mass is 10.1. The monoisotopic (exact) mass is 497 g/mol. The van der Waals surface area contributed by atoms with Crippen molar-refractivity contribution in [2.45, 2.75) is 24.7 Å². The maximum atomic E-state index is 13.0. The number of anilines is 2. The van der Waals surface area contributed by atoms with E-state index in [1.54, 1.807) is 47.4 Å². The van der Waals surface area contributed by atoms with Gasteiger partial charge in [-0.05, 0) is 67.8 Å². The Labute approximate surface area is 203 Å². The highest BCUT2D eigenvalue weighted by Gasteiger charge is 2.24. The number of amides is 2. The largest absolute Gasteiger partial charge is 0.339 e. The van der Waals surface area contributed by atoms with E-state index in [0.29, 0.717) is 30.0 Å². The molecule has 3 aromatic carbocycles. The molecule has 2 N–H and O–H groups in total. The van der Waals surface area contributed by atoms with Gasteiger partial charge in [-0.15, -0.1) is 0 Å². The van der Waals surface area contributed by atoms with E-state index in [9.17, 15) is 18.0 Å². The Morgan fingerprint density at radius 1 is 0.941 bits per heavy atom. The van der Waals surface area contributed by atoms with Crippen molar-refractivity contribution in [3.8, 4) is 0 Å². The van der Waals surface area contributed by atoms with Gasteiger partial charge in [0.2, 0.25) is 0 Å². The third kappa shape index (κ3) is 5.24. The number of halogens is 1. The Morgan fingerprint density at radius 3 is 2.41 bits per heavy atom. The molecule has 0 radical (unpaired) electrons. The summed E-state index contributed by atoms with van der Waals surface area (Å²) in [5.74, 6) is -0.694. The van der Waals surface area contributed by atoms with Crippen LogP contribution in [0.5, 0.6) is 0 Å². The van der Waals surface area contributed by atoms with Crippen molar-refractivity contribution < 1.29 is 18.0 Å². The second kappa shape index (κ2) is 9.87. The first-order valence-corrected chi connectivity index (χ1v) is 12.7. The molecule has 1 aliphatic heterocycles. The molecule has 9 heteroatoms. The fourth-order valence-electron chi connectivity index (χ4n) is 3.83. The Kier molecular flexibility index (Phi) is 6.90. The molecule has 1 saturated heterocycles. The first kappa shape index (κ1) is 23.8. The number of benzene rings is 3. The zero-order valence-corrected chi connectivity index (χ0v) is 20.1. The molecule has 4 rings (SSSR count). The summed E-state index contributed by atoms with van der Waals surface area (Å²) in [6, 6.07) is 17.7. The lowest BCUT2D eigenvalue weighted by Crippen LogP contribution is -2.28. The summed E-state index contributed by atoms with van der Waals surface area (Å²) in [5, 5.41) is 2.73. The minimum atomic E-state index is -4.05. The van der Waals surface area contributed by atoms with Gasteiger partial charge in [-0.1, -0.05) is 35.9 Å². The molecule has 2 amide bonds. The fourth-order valence-corrected chi connectivity index (χ4v) is 5.41. The summed E-state index contributed by atoms with van der Waals surface area (Å²) in [7, 11) is -4.05. The fraction of sp³-hybridized carbons (Fsp3) is 0.200. The van der Waals surface area contributed by atoms with Gasteiger partial charge in [-0.25, -0.2) is 8.42 Å². The van der Waals surface area contributed by atoms with E-state index in [2.05, 4.69) is 10.0 Å². The van der Waals surface area contributed by atoms with E-state index >= 15 is 0 Å². The van der Waals surface area contributed by atoms with Crippen molar-refractivity contribution in [1.29, 1.82) is 0 Å². The van der Waals surface area contributed by atoms with E-state index in [0.717, 1.165) is 18.4 Å². The number of aryl methyl sites for hydroxylation is 1. The van der Waals surface area contributed by atoms with Crippen LogP contribution in [0, 0.1) is 6.92 Å². The van der Waals surface area contributed by atoms with Gasteiger partial charge in [0.05, 0.1) is 16.3 Å². The average Bonchev–Trinajstić information content (AvgIpc) is 3.34. The lowest BCUT2D eigenvalue weighted by Gasteiger charge is -2.18. The maximum Gasteiger partial charge on any atom is 0.263 e. The number of para-hydroxylation sites is 1. The van der Waals surface area contributed by atoms with Gasteiger partial charge >= 0.3 is 0 Å². The number of sulfonamides is 1. The van der Waals surface area contributed by atoms with Crippen LogP contribution in [0.15, 0.2) is 71.6 Å². The molecular weight excluding hydrogens is 474 g/mol. The number of likely N-dealkylation sites (tertiary alicyclic amines) is 1. The van der Waals surface area contributed by atoms with E-state index in [4.69, 9.17) is 11.6 Å². The van der Waals surface area contributed by atoms with Gasteiger partial charge in [0.15, 0.2) is 0 Å². The highest BCUT2D eigenvalue weighted by atomic mass is 35.5. The summed E-state index contributed by atoms with van der Waals surface area (Å²) >= 11 is 6.18. The highest BCUT2D eigenvalue weighted by Crippen LogP contribution is 2.27. The Balaban J connectivity index is 1.59. The second-order valence-corrected chi connectivity index (χ2v) is 10.2. The van der Waals surface area contributed by atoms with Crippen LogP contribution in [0.3, 0.4) is 0 Å². The van der Waals surface area contributed by atoms with Gasteiger partial charge in [0.25, 0.3) is 21.8 Å². The molecule has 0 bridgehead atoms. The zero-order valence-electron chi connectivity index (χ0n) is 18.5. The van der Waals surface area contributed by atoms with Crippen molar-refractivity contribution in [2.24, 2.45) is 0 Å². The molecule has 0 atom stereocenters. The van der Waals surface area contributed by atoms with Crippen LogP contribution in [0.1, 0.15) is 39.1 Å². The van der Waals surface area contributed by atoms with Gasteiger partial charge in [0, 0.05) is 24.3 Å². The lowest BCUT2D eigenvalue weighted by molar-refractivity contribution is 0.0794. The summed E-state index contributed by atoms with van der Waals surface area (Å²) in [5.41, 5.74) is 2.13. The highest BCUT2D eigenvalue weighted by molar-refractivity contribution is 7.92. The number of carbonyl (C=O) groups excluding carboxylic acids is 2. The summed E-state index contributed by atoms with van der Waals surface area (Å²) in [6.45, 7) is 3.23. The molecule has 0 saturated carbocycles. The summed E-state index contributed by atoms with van der Waals surface area (Å²) in [4.78, 5) is 27.4. The molecule has 3 aromatic rings. The summed E-state index contributed by atoms with van der Waals surface area (Å²) in [6.07, 6.45) is 1.91. The topological polar surface area (TPSA) is 95.6 Å². The number of rotatable bonds is 6. The second-order valence-electron chi connectivity index (χ2n) is 8.12. The predicted molar refractivity (Wildman–Crippen MR) is 133 cm³/mol. The average molecular weight is 498 g/mol. The van der Waals surface area contributed by atoms with Crippen molar-refractivity contribution in [2.75, 3.05) is 23.1 Å². The minimum Gasteiger partial charge on any atom is -0.339 e. The van der Waals surface area contributed by atoms with Crippen molar-refractivity contribution in [3.63, 3.8) is 0 Å². The quantitative estimate of drug-likeness (QED) is 0.504. The van der Waals surface area contributed by atoms with E-state index < -0.39 is 15.9 Å². The molecule has 1 aliphatic rings. The number of hydrogen-bond acceptors (Lipinski definition) is 4. The predicted octanol–water partition coefficient (Wildman–Crippen LogP) is 4.94. The number of carbonyl (C=O) groups is 2. The number of nitrogens with zero attached hydrogens (tertiary/aromatic N) is 1. The van der Waals surface area contributed by atoms with Crippen LogP contribution < -0.4 is 10.0 Å². The van der Waals surface area contributed by atoms with Gasteiger partial charge in [0.1, 0.15) is 4.90 Å². The number of nitrogens with one attached hydrogen (secondary N) is 2. The van der Waals surface area contributed by atoms with Crippen LogP contribution >= 0.6 is 11.6 Å². The first-order chi connectivity index (χ1) is 16.2. The van der Waals surface area contributed by atoms with Gasteiger partial charge in [-0.2, -0.15) is 0 Å². The van der Waals surface area contributed by atoms with Crippen molar-refractivity contribution in [3.05, 3.63) is 88.4 Å². The molecule has 0 aliphatic carbocycles. The van der Waals surface area contributed by atoms with Crippen molar-refractivity contribution >= 4 is 44.8 Å². The van der Waals surface area contributed by atoms with E-state index in [1.165, 1.54) is 18.2 Å². The molecule has 176 valence electrons. The smallest absolute Gasteiger partial charge is 0.263 e. The van der Waals surface area contributed by atoms with Crippen molar-refractivity contribution in [1.82, 2.24) is 4.90 Å². The van der Waals surface area contributed by atoms with E-state index in [1.807, 2.05) is 13.0 Å². The van der Waals surface area contributed by atoms with Crippen LogP contribution in [-0.2, 0) is 10.0 Å². The Bertz CT molecular complexity index is 1350. The molecule has 1 fully saturated rings. The maximum absolute atomic E-state index is 13.0. The van der Waals surface area contributed by atoms with Gasteiger partial charge < -0.3 is 10.2 Å². The molecular formula is C25H24ClN3O4S. The Hall–Kier alpha value is -3.36. The van der Waals surface area contributed by atoms with Crippen LogP contribution in [0.25, 0.3) is 0 Å². The summed E-state index contributed by atoms with van der Waals surface area (Å²) < 4.78 is 28.5. The van der Waals surface area contributed by atoms with Crippen LogP contribution in [0.2, 0.25) is 5.02 Å². The SMILES string of the molecule is Cc1cccc(NS(=O)(=O)c2cc(C(=O)Nc3ccccc3C(=O)N3CCCC3)ccc2Cl)c1. The molecule has 0 spiro atoms. The molecule has 0 aromatic heterocycles. The third-order valence-electron chi connectivity index (χ3n) is 5.55. The third-order valence-corrected chi connectivity index (χ3v) is 7.42. The standard InChI is InChI=1S/C25H24ClN3O4S/c1-17-7-6-8-19(15-17)28-34(32,33)23-16-18(11-12-21(23)26)24(30)27-22-10-3-2-9-20(22)25(31)29-13-4-5-14-29/h2-3,6-12,15-16,28H,4-5,13-14H2,1H3,(H,27,30). The molecule has 34 heavy (non-hydrogen) atoms. The zero-order chi connectivity index (χ0) is 24.3. The normalized spacial score (nSPS) is 13.5. The number of hydrogen-bond donors (Lipinski definition) is 2. The first-order valence-electron chi connectivity index (χ1n) is 10.8. The van der Waals surface area contributed by atoms with Crippen LogP contribution in [0.4, 0.5) is 11.4 Å². The van der Waals surface area contributed by atoms with E-state index in [-0.39, 0.29) is 21.4 Å². The molecule has 7 nitrogen and oxygen atoms in total. The van der Waals surface area contributed by atoms with Gasteiger partial charge in [-0.3, -0.25) is 14.3 Å². The molecule has 0 unspecified atom stereocenters. The Morgan fingerprint density at radius 2 is 1.68 bits per heavy atom. The molecule has 1 heterocycles. The van der Waals surface area contributed by atoms with Crippen LogP contribution in [-0.4, -0.2) is 38.2 Å².